The number of carboxylic acids is 1. The zero-order valence-electron chi connectivity index (χ0n) is 9.89. The zero-order valence-corrected chi connectivity index (χ0v) is 9.89. The van der Waals surface area contributed by atoms with Gasteiger partial charge in [-0.15, -0.1) is 0 Å². The Kier molecular flexibility index (Phi) is 4.83. The number of carboxylic acid groups (broad SMARTS) is 1. The molecule has 0 heterocycles. The van der Waals surface area contributed by atoms with Gasteiger partial charge < -0.3 is 10.0 Å². The minimum Gasteiger partial charge on any atom is -0.481 e. The van der Waals surface area contributed by atoms with Crippen LogP contribution in [0.4, 0.5) is 5.69 Å². The van der Waals surface area contributed by atoms with Crippen molar-refractivity contribution in [1.82, 2.24) is 0 Å². The first-order valence-electron chi connectivity index (χ1n) is 5.64. The molecule has 0 saturated heterocycles. The summed E-state index contributed by atoms with van der Waals surface area (Å²) in [7, 11) is 0. The lowest BCUT2D eigenvalue weighted by molar-refractivity contribution is -0.137. The van der Waals surface area contributed by atoms with Gasteiger partial charge in [-0.2, -0.15) is 0 Å². The fourth-order valence-corrected chi connectivity index (χ4v) is 1.71. The second-order valence-corrected chi connectivity index (χ2v) is 4.12. The topological polar surface area (TPSA) is 40.5 Å². The van der Waals surface area contributed by atoms with Crippen LogP contribution >= 0.6 is 0 Å². The van der Waals surface area contributed by atoms with Gasteiger partial charge in [0.25, 0.3) is 0 Å². The number of carbonyl (C=O) groups is 1. The van der Waals surface area contributed by atoms with Crippen LogP contribution in [-0.4, -0.2) is 23.7 Å². The molecule has 1 aromatic carbocycles. The molecule has 0 aliphatic heterocycles. The molecule has 0 bridgehead atoms. The Morgan fingerprint density at radius 2 is 1.94 bits per heavy atom. The van der Waals surface area contributed by atoms with Crippen LogP contribution < -0.4 is 4.90 Å². The van der Waals surface area contributed by atoms with Crippen LogP contribution in [0.1, 0.15) is 26.7 Å². The van der Waals surface area contributed by atoms with Crippen molar-refractivity contribution >= 4 is 11.7 Å². The normalized spacial score (nSPS) is 10.4. The van der Waals surface area contributed by atoms with Crippen molar-refractivity contribution in [3.63, 3.8) is 0 Å². The molecule has 0 atom stereocenters. The minimum absolute atomic E-state index is 0.232. The Hall–Kier alpha value is -1.51. The predicted molar refractivity (Wildman–Crippen MR) is 65.8 cm³/mol. The van der Waals surface area contributed by atoms with E-state index in [9.17, 15) is 4.79 Å². The molecule has 0 saturated carbocycles. The van der Waals surface area contributed by atoms with Gasteiger partial charge in [0.15, 0.2) is 0 Å². The smallest absolute Gasteiger partial charge is 0.303 e. The van der Waals surface area contributed by atoms with Gasteiger partial charge >= 0.3 is 5.97 Å². The Bertz CT molecular complexity index is 322. The van der Waals surface area contributed by atoms with E-state index in [0.29, 0.717) is 12.5 Å². The highest BCUT2D eigenvalue weighted by Crippen LogP contribution is 2.16. The molecule has 88 valence electrons. The Balaban J connectivity index is 2.58. The van der Waals surface area contributed by atoms with E-state index in [4.69, 9.17) is 5.11 Å². The van der Waals surface area contributed by atoms with Crippen LogP contribution in [-0.2, 0) is 4.79 Å². The highest BCUT2D eigenvalue weighted by molar-refractivity contribution is 5.66. The molecular formula is C13H19NO2. The molecule has 1 N–H and O–H groups in total. The molecule has 0 aliphatic rings. The summed E-state index contributed by atoms with van der Waals surface area (Å²) in [6, 6.07) is 10.5. The summed E-state index contributed by atoms with van der Waals surface area (Å²) < 4.78 is 0. The van der Waals surface area contributed by atoms with Crippen molar-refractivity contribution in [2.75, 3.05) is 11.4 Å². The number of benzene rings is 1. The van der Waals surface area contributed by atoms with Gasteiger partial charge in [-0.3, -0.25) is 4.79 Å². The van der Waals surface area contributed by atoms with Crippen molar-refractivity contribution in [3.05, 3.63) is 30.3 Å². The summed E-state index contributed by atoms with van der Waals surface area (Å²) in [6.45, 7) is 5.02. The maximum absolute atomic E-state index is 10.5. The Morgan fingerprint density at radius 3 is 2.44 bits per heavy atom. The van der Waals surface area contributed by atoms with Crippen molar-refractivity contribution < 1.29 is 9.90 Å². The lowest BCUT2D eigenvalue weighted by atomic mass is 10.2. The minimum atomic E-state index is -0.725. The largest absolute Gasteiger partial charge is 0.481 e. The van der Waals surface area contributed by atoms with E-state index in [2.05, 4.69) is 30.9 Å². The molecule has 0 radical (unpaired) electrons. The van der Waals surface area contributed by atoms with Crippen LogP contribution in [0, 0.1) is 0 Å². The first kappa shape index (κ1) is 12.6. The summed E-state index contributed by atoms with van der Waals surface area (Å²) >= 11 is 0. The summed E-state index contributed by atoms with van der Waals surface area (Å²) in [5.41, 5.74) is 1.16. The fourth-order valence-electron chi connectivity index (χ4n) is 1.71. The highest BCUT2D eigenvalue weighted by atomic mass is 16.4. The van der Waals surface area contributed by atoms with Crippen molar-refractivity contribution in [3.8, 4) is 0 Å². The van der Waals surface area contributed by atoms with E-state index in [1.165, 1.54) is 0 Å². The Labute approximate surface area is 96.7 Å². The van der Waals surface area contributed by atoms with Crippen LogP contribution in [0.5, 0.6) is 0 Å². The van der Waals surface area contributed by atoms with Gasteiger partial charge in [-0.1, -0.05) is 18.2 Å². The van der Waals surface area contributed by atoms with Crippen LogP contribution in [0.15, 0.2) is 30.3 Å². The SMILES string of the molecule is CC(C)N(CCCC(=O)O)c1ccccc1. The van der Waals surface area contributed by atoms with Crippen LogP contribution in [0.2, 0.25) is 0 Å². The predicted octanol–water partition coefficient (Wildman–Crippen LogP) is 2.77. The Morgan fingerprint density at radius 1 is 1.31 bits per heavy atom. The summed E-state index contributed by atoms with van der Waals surface area (Å²) in [5.74, 6) is -0.725. The number of rotatable bonds is 6. The monoisotopic (exact) mass is 221 g/mol. The third-order valence-electron chi connectivity index (χ3n) is 2.50. The lowest BCUT2D eigenvalue weighted by Crippen LogP contribution is -2.31. The number of aliphatic carboxylic acids is 1. The van der Waals surface area contributed by atoms with Gasteiger partial charge in [-0.25, -0.2) is 0 Å². The number of nitrogens with zero attached hydrogens (tertiary/aromatic N) is 1. The quantitative estimate of drug-likeness (QED) is 0.803. The first-order valence-corrected chi connectivity index (χ1v) is 5.64. The van der Waals surface area contributed by atoms with E-state index >= 15 is 0 Å². The van der Waals surface area contributed by atoms with Gasteiger partial charge in [-0.05, 0) is 32.4 Å². The second-order valence-electron chi connectivity index (χ2n) is 4.12. The molecule has 0 unspecified atom stereocenters. The molecule has 0 spiro atoms. The van der Waals surface area contributed by atoms with Crippen molar-refractivity contribution in [1.29, 1.82) is 0 Å². The highest BCUT2D eigenvalue weighted by Gasteiger charge is 2.10. The molecule has 0 amide bonds. The molecule has 16 heavy (non-hydrogen) atoms. The van der Waals surface area contributed by atoms with E-state index in [1.807, 2.05) is 18.2 Å². The third kappa shape index (κ3) is 3.93. The number of hydrogen-bond acceptors (Lipinski definition) is 2. The molecule has 3 nitrogen and oxygen atoms in total. The lowest BCUT2D eigenvalue weighted by Gasteiger charge is -2.28. The molecule has 1 rings (SSSR count). The summed E-state index contributed by atoms with van der Waals surface area (Å²) in [5, 5.41) is 8.62. The molecule has 3 heteroatoms. The van der Waals surface area contributed by atoms with E-state index in [1.54, 1.807) is 0 Å². The van der Waals surface area contributed by atoms with E-state index in [-0.39, 0.29) is 6.42 Å². The standard InChI is InChI=1S/C13H19NO2/c1-11(2)14(10-6-9-13(15)16)12-7-4-3-5-8-12/h3-5,7-8,11H,6,9-10H2,1-2H3,(H,15,16). The van der Waals surface area contributed by atoms with E-state index in [0.717, 1.165) is 12.2 Å². The van der Waals surface area contributed by atoms with Crippen molar-refractivity contribution in [2.24, 2.45) is 0 Å². The van der Waals surface area contributed by atoms with Crippen molar-refractivity contribution in [2.45, 2.75) is 32.7 Å². The van der Waals surface area contributed by atoms with E-state index < -0.39 is 5.97 Å². The average molecular weight is 221 g/mol. The maximum Gasteiger partial charge on any atom is 0.303 e. The molecule has 0 aliphatic carbocycles. The third-order valence-corrected chi connectivity index (χ3v) is 2.50. The number of para-hydroxylation sites is 1. The van der Waals surface area contributed by atoms with Gasteiger partial charge in [0.2, 0.25) is 0 Å². The molecule has 0 aromatic heterocycles. The van der Waals surface area contributed by atoms with Gasteiger partial charge in [0, 0.05) is 24.7 Å². The van der Waals surface area contributed by atoms with Crippen LogP contribution in [0.25, 0.3) is 0 Å². The van der Waals surface area contributed by atoms with Crippen LogP contribution in [0.3, 0.4) is 0 Å². The molecule has 1 aromatic rings. The fraction of sp³-hybridized carbons (Fsp3) is 0.462. The zero-order chi connectivity index (χ0) is 12.0. The van der Waals surface area contributed by atoms with Gasteiger partial charge in [0.1, 0.15) is 0 Å². The average Bonchev–Trinajstić information content (AvgIpc) is 2.25. The van der Waals surface area contributed by atoms with Gasteiger partial charge in [0.05, 0.1) is 0 Å². The molecular weight excluding hydrogens is 202 g/mol. The second kappa shape index (κ2) is 6.16. The number of hydrogen-bond donors (Lipinski definition) is 1. The summed E-state index contributed by atoms with van der Waals surface area (Å²) in [4.78, 5) is 12.7. The number of anilines is 1. The summed E-state index contributed by atoms with van der Waals surface area (Å²) in [6.07, 6.45) is 0.915. The molecule has 0 fully saturated rings. The first-order chi connectivity index (χ1) is 7.61. The maximum atomic E-state index is 10.5.